The largest absolute Gasteiger partial charge is 0.0620 e. The Kier molecular flexibility index (Phi) is 28.5. The van der Waals surface area contributed by atoms with Crippen LogP contribution in [-0.4, -0.2) is 0 Å². The Morgan fingerprint density at radius 2 is 0.440 bits per heavy atom. The van der Waals surface area contributed by atoms with E-state index >= 15 is 0 Å². The summed E-state index contributed by atoms with van der Waals surface area (Å²) in [5.41, 5.74) is 17.4. The molecule has 0 aromatic heterocycles. The smallest absolute Gasteiger partial charge is 0.0149 e. The molecule has 0 aliphatic heterocycles. The number of benzene rings is 9. The highest BCUT2D eigenvalue weighted by Crippen LogP contribution is 2.32. The zero-order valence-corrected chi connectivity index (χ0v) is 57.2. The standard InChI is InChI=1S/3C16H20.3C12H18/c1-11(2)14-7-5-13-6-8-15(12(3)4)10-16(13)9-14;1-11(2)13-8-9-16-14(10-13)6-5-7-15(16)12(3)4;1-11(2)14-9-13-7-5-6-8-15(13)16(10-14)12(3)4;1-9(2)11-5-7-12(8-6-11)10(3)4;1-9(2)11-6-5-7-12(8-11)10(3)4;1-9(2)11-7-5-6-8-12(11)10(3)4/h3*5-12H,1-4H3;3*5-10H,1-4H3. The van der Waals surface area contributed by atoms with E-state index in [4.69, 9.17) is 0 Å². The van der Waals surface area contributed by atoms with Crippen LogP contribution < -0.4 is 0 Å². The lowest BCUT2D eigenvalue weighted by molar-refractivity contribution is 0.790. The van der Waals surface area contributed by atoms with Crippen molar-refractivity contribution in [3.8, 4) is 0 Å². The minimum absolute atomic E-state index is 0.587. The molecule has 0 bridgehead atoms. The Morgan fingerprint density at radius 1 is 0.155 bits per heavy atom. The van der Waals surface area contributed by atoms with Crippen LogP contribution in [0, 0.1) is 0 Å². The fourth-order valence-electron chi connectivity index (χ4n) is 10.5. The highest BCUT2D eigenvalue weighted by molar-refractivity contribution is 5.88. The van der Waals surface area contributed by atoms with Gasteiger partial charge in [-0.2, -0.15) is 0 Å². The number of hydrogen-bond donors (Lipinski definition) is 0. The first-order valence-electron chi connectivity index (χ1n) is 32.5. The quantitative estimate of drug-likeness (QED) is 0.114. The van der Waals surface area contributed by atoms with Crippen LogP contribution in [0.3, 0.4) is 0 Å². The lowest BCUT2D eigenvalue weighted by atomic mass is 9.90. The van der Waals surface area contributed by atoms with E-state index in [-0.39, 0.29) is 0 Å². The van der Waals surface area contributed by atoms with Crippen LogP contribution in [0.5, 0.6) is 0 Å². The summed E-state index contributed by atoms with van der Waals surface area (Å²) >= 11 is 0. The minimum Gasteiger partial charge on any atom is -0.0620 e. The maximum absolute atomic E-state index is 2.37. The highest BCUT2D eigenvalue weighted by atomic mass is 14.2. The van der Waals surface area contributed by atoms with Gasteiger partial charge in [0.1, 0.15) is 0 Å². The summed E-state index contributed by atoms with van der Waals surface area (Å²) in [7, 11) is 0. The predicted molar refractivity (Wildman–Crippen MR) is 380 cm³/mol. The van der Waals surface area contributed by atoms with Gasteiger partial charge in [0.15, 0.2) is 0 Å². The normalized spacial score (nSPS) is 11.4. The first-order valence-corrected chi connectivity index (χ1v) is 32.5. The second-order valence-corrected chi connectivity index (χ2v) is 27.3. The second kappa shape index (κ2) is 34.0. The van der Waals surface area contributed by atoms with Gasteiger partial charge in [-0.25, -0.2) is 0 Å². The van der Waals surface area contributed by atoms with Crippen molar-refractivity contribution >= 4 is 32.3 Å². The monoisotopic (exact) mass is 1120 g/mol. The summed E-state index contributed by atoms with van der Waals surface area (Å²) in [6, 6.07) is 67.0. The van der Waals surface area contributed by atoms with Crippen molar-refractivity contribution in [3.05, 3.63) is 249 Å². The van der Waals surface area contributed by atoms with E-state index in [0.717, 1.165) is 0 Å². The van der Waals surface area contributed by atoms with Gasteiger partial charge < -0.3 is 0 Å². The molecule has 0 spiro atoms. The molecule has 0 unspecified atom stereocenters. The summed E-state index contributed by atoms with van der Waals surface area (Å²) in [6.45, 7) is 53.9. The summed E-state index contributed by atoms with van der Waals surface area (Å²) < 4.78 is 0. The summed E-state index contributed by atoms with van der Waals surface area (Å²) in [5, 5.41) is 8.27. The average Bonchev–Trinajstić information content (AvgIpc) is 2.88. The van der Waals surface area contributed by atoms with E-state index in [2.05, 4.69) is 348 Å². The van der Waals surface area contributed by atoms with Gasteiger partial charge in [0, 0.05) is 0 Å². The Hall–Kier alpha value is -6.24. The minimum atomic E-state index is 0.587. The van der Waals surface area contributed by atoms with Gasteiger partial charge in [0.05, 0.1) is 0 Å². The van der Waals surface area contributed by atoms with Crippen molar-refractivity contribution < 1.29 is 0 Å². The van der Waals surface area contributed by atoms with Gasteiger partial charge in [-0.15, -0.1) is 0 Å². The van der Waals surface area contributed by atoms with Crippen molar-refractivity contribution in [2.75, 3.05) is 0 Å². The highest BCUT2D eigenvalue weighted by Gasteiger charge is 2.12. The third-order valence-electron chi connectivity index (χ3n) is 16.4. The summed E-state index contributed by atoms with van der Waals surface area (Å²) in [5.74, 6) is 7.45. The molecule has 84 heavy (non-hydrogen) atoms. The van der Waals surface area contributed by atoms with Gasteiger partial charge >= 0.3 is 0 Å². The molecule has 0 amide bonds. The second-order valence-electron chi connectivity index (χ2n) is 27.3. The van der Waals surface area contributed by atoms with Crippen LogP contribution in [0.4, 0.5) is 0 Å². The van der Waals surface area contributed by atoms with Gasteiger partial charge in [-0.1, -0.05) is 348 Å². The summed E-state index contributed by atoms with van der Waals surface area (Å²) in [4.78, 5) is 0. The van der Waals surface area contributed by atoms with Crippen molar-refractivity contribution in [1.82, 2.24) is 0 Å². The SMILES string of the molecule is CC(C)c1cc(C(C)C)c2ccccc2c1.CC(C)c1ccc(C(C)C)cc1.CC(C)c1ccc2c(C(C)C)cccc2c1.CC(C)c1ccc2ccc(C(C)C)cc2c1.CC(C)c1cccc(C(C)C)c1.CC(C)c1ccccc1C(C)C. The molecule has 9 aromatic carbocycles. The maximum Gasteiger partial charge on any atom is -0.0149 e. The molecule has 9 rings (SSSR count). The Balaban J connectivity index is 0.000000217. The lowest BCUT2D eigenvalue weighted by Crippen LogP contribution is -1.97. The Morgan fingerprint density at radius 3 is 0.833 bits per heavy atom. The van der Waals surface area contributed by atoms with Crippen LogP contribution in [0.2, 0.25) is 0 Å². The van der Waals surface area contributed by atoms with E-state index in [1.807, 2.05) is 0 Å². The van der Waals surface area contributed by atoms with Crippen LogP contribution in [-0.2, 0) is 0 Å². The van der Waals surface area contributed by atoms with Gasteiger partial charge in [0.2, 0.25) is 0 Å². The number of rotatable bonds is 12. The Bertz CT molecular complexity index is 3190. The molecule has 9 aromatic rings. The molecule has 0 saturated carbocycles. The number of fused-ring (bicyclic) bond motifs is 3. The molecular weight excluding hydrogens is 1010 g/mol. The van der Waals surface area contributed by atoms with Gasteiger partial charge in [0.25, 0.3) is 0 Å². The van der Waals surface area contributed by atoms with Crippen molar-refractivity contribution in [2.45, 2.75) is 237 Å². The van der Waals surface area contributed by atoms with Crippen molar-refractivity contribution in [3.63, 3.8) is 0 Å². The molecule has 0 heterocycles. The Labute approximate surface area is 515 Å². The maximum atomic E-state index is 2.37. The molecular formula is C84H114. The summed E-state index contributed by atoms with van der Waals surface area (Å²) in [6.07, 6.45) is 0. The topological polar surface area (TPSA) is 0 Å². The molecule has 0 saturated heterocycles. The molecule has 0 aliphatic carbocycles. The zero-order valence-electron chi connectivity index (χ0n) is 57.2. The molecule has 0 heteroatoms. The predicted octanol–water partition coefficient (Wildman–Crippen LogP) is 27.1. The number of hydrogen-bond acceptors (Lipinski definition) is 0. The first kappa shape index (κ1) is 70.2. The molecule has 0 N–H and O–H groups in total. The molecule has 0 radical (unpaired) electrons. The van der Waals surface area contributed by atoms with Crippen LogP contribution >= 0.6 is 0 Å². The van der Waals surface area contributed by atoms with Crippen LogP contribution in [0.15, 0.2) is 182 Å². The van der Waals surface area contributed by atoms with Gasteiger partial charge in [-0.05, 0) is 170 Å². The van der Waals surface area contributed by atoms with Crippen LogP contribution in [0.25, 0.3) is 32.3 Å². The van der Waals surface area contributed by atoms with E-state index in [9.17, 15) is 0 Å². The molecule has 0 aliphatic rings. The third kappa shape index (κ3) is 21.4. The molecule has 450 valence electrons. The zero-order chi connectivity index (χ0) is 62.5. The van der Waals surface area contributed by atoms with Crippen LogP contribution in [0.1, 0.15) is 304 Å². The van der Waals surface area contributed by atoms with E-state index in [1.54, 1.807) is 0 Å². The molecule has 0 fully saturated rings. The molecule has 0 nitrogen and oxygen atoms in total. The van der Waals surface area contributed by atoms with Crippen molar-refractivity contribution in [1.29, 1.82) is 0 Å². The van der Waals surface area contributed by atoms with E-state index < -0.39 is 0 Å². The average molecular weight is 1120 g/mol. The van der Waals surface area contributed by atoms with Crippen molar-refractivity contribution in [2.24, 2.45) is 0 Å². The fourth-order valence-corrected chi connectivity index (χ4v) is 10.5. The molecule has 0 atom stereocenters. The first-order chi connectivity index (χ1) is 39.6. The van der Waals surface area contributed by atoms with E-state index in [1.165, 1.54) is 99.1 Å². The van der Waals surface area contributed by atoms with E-state index in [0.29, 0.717) is 71.0 Å². The van der Waals surface area contributed by atoms with Gasteiger partial charge in [-0.3, -0.25) is 0 Å². The lowest BCUT2D eigenvalue weighted by Gasteiger charge is -2.14. The fraction of sp³-hybridized carbons (Fsp3) is 0.429. The third-order valence-corrected chi connectivity index (χ3v) is 16.4.